The summed E-state index contributed by atoms with van der Waals surface area (Å²) in [5.41, 5.74) is 5.20. The van der Waals surface area contributed by atoms with Gasteiger partial charge in [0.05, 0.1) is 5.69 Å². The largest absolute Gasteiger partial charge is 0.394 e. The van der Waals surface area contributed by atoms with Gasteiger partial charge >= 0.3 is 0 Å². The van der Waals surface area contributed by atoms with Crippen LogP contribution in [0, 0.1) is 0 Å². The summed E-state index contributed by atoms with van der Waals surface area (Å²) in [5.74, 6) is 0. The van der Waals surface area contributed by atoms with Gasteiger partial charge in [-0.2, -0.15) is 0 Å². The Hall–Kier alpha value is -1.29. The van der Waals surface area contributed by atoms with E-state index in [1.807, 2.05) is 0 Å². The van der Waals surface area contributed by atoms with Gasteiger partial charge in [-0.15, -0.1) is 0 Å². The molecule has 0 atom stereocenters. The van der Waals surface area contributed by atoms with E-state index in [9.17, 15) is 4.79 Å². The van der Waals surface area contributed by atoms with E-state index in [-0.39, 0.29) is 11.2 Å². The predicted molar refractivity (Wildman–Crippen MR) is 72.1 cm³/mol. The van der Waals surface area contributed by atoms with E-state index in [4.69, 9.17) is 10.5 Å². The van der Waals surface area contributed by atoms with Crippen molar-refractivity contribution in [3.05, 3.63) is 28.7 Å². The number of anilines is 1. The highest BCUT2D eigenvalue weighted by atomic mass is 16.5. The molecule has 1 aromatic heterocycles. The Morgan fingerprint density at radius 3 is 2.12 bits per heavy atom. The molecule has 4 heteroatoms. The second-order valence-electron chi connectivity index (χ2n) is 3.83. The minimum Gasteiger partial charge on any atom is -0.394 e. The molecule has 4 nitrogen and oxygen atoms in total. The van der Waals surface area contributed by atoms with E-state index >= 15 is 0 Å². The van der Waals surface area contributed by atoms with Crippen LogP contribution < -0.4 is 11.3 Å². The fourth-order valence-corrected chi connectivity index (χ4v) is 1.12. The fraction of sp³-hybridized carbons (Fsp3) is 0.615. The Bertz CT molecular complexity index is 308. The predicted octanol–water partition coefficient (Wildman–Crippen LogP) is 2.56. The summed E-state index contributed by atoms with van der Waals surface area (Å²) in [6.07, 6.45) is 6.72. The smallest absolute Gasteiger partial charge is 0.271 e. The molecule has 0 spiro atoms. The molecule has 0 saturated carbocycles. The minimum absolute atomic E-state index is 0.229. The molecule has 2 heterocycles. The molecule has 1 fully saturated rings. The highest BCUT2D eigenvalue weighted by molar-refractivity contribution is 5.32. The lowest BCUT2D eigenvalue weighted by atomic mass is 10.2. The molecule has 98 valence electrons. The third kappa shape index (κ3) is 9.63. The first-order valence-electron chi connectivity index (χ1n) is 6.23. The molecule has 0 bridgehead atoms. The number of ether oxygens (including phenoxy) is 1. The first-order valence-corrected chi connectivity index (χ1v) is 6.23. The number of hydrogen-bond donors (Lipinski definition) is 2. The van der Waals surface area contributed by atoms with E-state index in [0.29, 0.717) is 0 Å². The molecule has 1 aliphatic heterocycles. The van der Waals surface area contributed by atoms with Crippen LogP contribution in [0.2, 0.25) is 0 Å². The minimum atomic E-state index is -0.229. The third-order valence-electron chi connectivity index (χ3n) is 1.93. The lowest BCUT2D eigenvalue weighted by Gasteiger charge is -2.08. The normalized spacial score (nSPS) is 13.8. The number of H-pyrrole nitrogens is 1. The van der Waals surface area contributed by atoms with E-state index < -0.39 is 0 Å². The summed E-state index contributed by atoms with van der Waals surface area (Å²) in [4.78, 5) is 12.9. The van der Waals surface area contributed by atoms with E-state index in [1.54, 1.807) is 18.3 Å². The SMILES string of the molecule is C1CCOCC1.CCC.Nc1ccc[nH]c1=O. The zero-order valence-corrected chi connectivity index (χ0v) is 10.9. The Morgan fingerprint density at radius 1 is 1.29 bits per heavy atom. The number of hydrogen-bond acceptors (Lipinski definition) is 3. The number of pyridine rings is 1. The van der Waals surface area contributed by atoms with Gasteiger partial charge in [0.15, 0.2) is 0 Å². The summed E-state index contributed by atoms with van der Waals surface area (Å²) in [7, 11) is 0. The first kappa shape index (κ1) is 15.7. The van der Waals surface area contributed by atoms with Crippen LogP contribution in [0.15, 0.2) is 23.1 Å². The zero-order valence-electron chi connectivity index (χ0n) is 10.9. The van der Waals surface area contributed by atoms with Gasteiger partial charge in [-0.1, -0.05) is 20.3 Å². The van der Waals surface area contributed by atoms with Gasteiger partial charge in [0, 0.05) is 19.4 Å². The van der Waals surface area contributed by atoms with Gasteiger partial charge in [-0.05, 0) is 31.4 Å². The van der Waals surface area contributed by atoms with Gasteiger partial charge in [-0.3, -0.25) is 4.79 Å². The number of nitrogen functional groups attached to an aromatic ring is 1. The van der Waals surface area contributed by atoms with Crippen molar-refractivity contribution < 1.29 is 4.74 Å². The van der Waals surface area contributed by atoms with Crippen molar-refractivity contribution in [2.45, 2.75) is 39.5 Å². The van der Waals surface area contributed by atoms with Crippen LogP contribution in [0.4, 0.5) is 5.69 Å². The summed E-state index contributed by atoms with van der Waals surface area (Å²) in [6.45, 7) is 6.25. The Balaban J connectivity index is 0.000000252. The summed E-state index contributed by atoms with van der Waals surface area (Å²) in [5, 5.41) is 0. The van der Waals surface area contributed by atoms with Gasteiger partial charge in [-0.25, -0.2) is 0 Å². The second-order valence-corrected chi connectivity index (χ2v) is 3.83. The highest BCUT2D eigenvalue weighted by Crippen LogP contribution is 2.02. The number of nitrogens with one attached hydrogen (secondary N) is 1. The topological polar surface area (TPSA) is 68.1 Å². The maximum absolute atomic E-state index is 10.4. The van der Waals surface area contributed by atoms with Crippen molar-refractivity contribution in [3.63, 3.8) is 0 Å². The average Bonchev–Trinajstić information content (AvgIpc) is 2.37. The molecular formula is C13H24N2O2. The highest BCUT2D eigenvalue weighted by Gasteiger charge is 1.95. The van der Waals surface area contributed by atoms with Crippen LogP contribution >= 0.6 is 0 Å². The molecule has 3 N–H and O–H groups in total. The van der Waals surface area contributed by atoms with Crippen molar-refractivity contribution in [1.29, 1.82) is 0 Å². The van der Waals surface area contributed by atoms with Crippen LogP contribution in [0.25, 0.3) is 0 Å². The fourth-order valence-electron chi connectivity index (χ4n) is 1.12. The van der Waals surface area contributed by atoms with Crippen LogP contribution in [-0.2, 0) is 4.74 Å². The maximum Gasteiger partial charge on any atom is 0.271 e. The van der Waals surface area contributed by atoms with Crippen LogP contribution in [0.3, 0.4) is 0 Å². The van der Waals surface area contributed by atoms with Crippen LogP contribution in [0.5, 0.6) is 0 Å². The maximum atomic E-state index is 10.4. The number of nitrogens with two attached hydrogens (primary N) is 1. The van der Waals surface area contributed by atoms with Crippen LogP contribution in [0.1, 0.15) is 39.5 Å². The Labute approximate surface area is 103 Å². The number of aromatic nitrogens is 1. The Morgan fingerprint density at radius 2 is 1.88 bits per heavy atom. The van der Waals surface area contributed by atoms with Gasteiger partial charge in [0.25, 0.3) is 5.56 Å². The monoisotopic (exact) mass is 240 g/mol. The number of rotatable bonds is 0. The van der Waals surface area contributed by atoms with Crippen molar-refractivity contribution in [2.75, 3.05) is 18.9 Å². The molecule has 0 radical (unpaired) electrons. The van der Waals surface area contributed by atoms with E-state index in [0.717, 1.165) is 13.2 Å². The zero-order chi connectivity index (χ0) is 12.9. The second kappa shape index (κ2) is 11.2. The Kier molecular flexibility index (Phi) is 10.4. The third-order valence-corrected chi connectivity index (χ3v) is 1.93. The molecule has 0 aliphatic carbocycles. The van der Waals surface area contributed by atoms with E-state index in [2.05, 4.69) is 18.8 Å². The van der Waals surface area contributed by atoms with Crippen molar-refractivity contribution in [3.8, 4) is 0 Å². The standard InChI is InChI=1S/C5H6N2O.C5H10O.C3H8/c6-4-2-1-3-7-5(4)8;1-2-4-6-5-3-1;1-3-2/h1-3H,6H2,(H,7,8);1-5H2;3H2,1-2H3. The summed E-state index contributed by atoms with van der Waals surface area (Å²) in [6, 6.07) is 3.23. The molecule has 1 aliphatic rings. The lowest BCUT2D eigenvalue weighted by Crippen LogP contribution is -2.08. The summed E-state index contributed by atoms with van der Waals surface area (Å²) >= 11 is 0. The van der Waals surface area contributed by atoms with Crippen molar-refractivity contribution in [2.24, 2.45) is 0 Å². The quantitative estimate of drug-likeness (QED) is 0.732. The first-order chi connectivity index (χ1) is 8.22. The molecule has 0 unspecified atom stereocenters. The number of aromatic amines is 1. The van der Waals surface area contributed by atoms with Crippen LogP contribution in [-0.4, -0.2) is 18.2 Å². The van der Waals surface area contributed by atoms with Crippen molar-refractivity contribution >= 4 is 5.69 Å². The van der Waals surface area contributed by atoms with Gasteiger partial charge in [0.2, 0.25) is 0 Å². The average molecular weight is 240 g/mol. The molecule has 17 heavy (non-hydrogen) atoms. The molecule has 2 rings (SSSR count). The van der Waals surface area contributed by atoms with Gasteiger partial charge in [0.1, 0.15) is 0 Å². The lowest BCUT2D eigenvalue weighted by molar-refractivity contribution is 0.0968. The molecule has 1 saturated heterocycles. The molecular weight excluding hydrogens is 216 g/mol. The molecule has 1 aromatic rings. The van der Waals surface area contributed by atoms with Crippen molar-refractivity contribution in [1.82, 2.24) is 4.98 Å². The van der Waals surface area contributed by atoms with E-state index in [1.165, 1.54) is 25.7 Å². The molecule has 0 aromatic carbocycles. The summed E-state index contributed by atoms with van der Waals surface area (Å²) < 4.78 is 5.07. The molecule has 0 amide bonds. The van der Waals surface area contributed by atoms with Gasteiger partial charge < -0.3 is 15.5 Å².